The molecule has 0 atom stereocenters. The van der Waals surface area contributed by atoms with Gasteiger partial charge in [-0.15, -0.1) is 0 Å². The van der Waals surface area contributed by atoms with Crippen LogP contribution in [0.5, 0.6) is 0 Å². The molecule has 1 aromatic heterocycles. The predicted molar refractivity (Wildman–Crippen MR) is 86.2 cm³/mol. The Kier molecular flexibility index (Phi) is 3.47. The molecule has 3 heteroatoms. The van der Waals surface area contributed by atoms with Crippen molar-refractivity contribution in [3.8, 4) is 0 Å². The van der Waals surface area contributed by atoms with E-state index in [0.29, 0.717) is 5.91 Å². The van der Waals surface area contributed by atoms with E-state index in [1.54, 1.807) is 0 Å². The molecule has 4 aliphatic carbocycles. The van der Waals surface area contributed by atoms with Gasteiger partial charge in [-0.2, -0.15) is 0 Å². The molecule has 0 aromatic carbocycles. The molecule has 1 amide bonds. The Hall–Kier alpha value is -1.38. The van der Waals surface area contributed by atoms with Crippen LogP contribution in [0.1, 0.15) is 44.1 Å². The van der Waals surface area contributed by atoms with Crippen molar-refractivity contribution in [3.63, 3.8) is 0 Å². The number of carbonyl (C=O) groups is 1. The summed E-state index contributed by atoms with van der Waals surface area (Å²) >= 11 is 0. The Balaban J connectivity index is 1.43. The zero-order chi connectivity index (χ0) is 15.2. The van der Waals surface area contributed by atoms with Gasteiger partial charge in [0.1, 0.15) is 0 Å². The third kappa shape index (κ3) is 2.45. The summed E-state index contributed by atoms with van der Waals surface area (Å²) in [5.74, 6) is 2.94. The summed E-state index contributed by atoms with van der Waals surface area (Å²) in [6.07, 6.45) is 12.3. The summed E-state index contributed by atoms with van der Waals surface area (Å²) in [7, 11) is 2.00. The van der Waals surface area contributed by atoms with Crippen molar-refractivity contribution in [1.29, 1.82) is 0 Å². The van der Waals surface area contributed by atoms with Crippen LogP contribution in [-0.2, 0) is 11.2 Å². The Morgan fingerprint density at radius 2 is 1.68 bits per heavy atom. The van der Waals surface area contributed by atoms with E-state index in [1.807, 2.05) is 36.5 Å². The van der Waals surface area contributed by atoms with E-state index in [1.165, 1.54) is 44.1 Å². The zero-order valence-corrected chi connectivity index (χ0v) is 13.5. The van der Waals surface area contributed by atoms with E-state index >= 15 is 0 Å². The second-order valence-corrected chi connectivity index (χ2v) is 8.03. The second-order valence-electron chi connectivity index (χ2n) is 8.03. The van der Waals surface area contributed by atoms with E-state index in [-0.39, 0.29) is 5.41 Å². The van der Waals surface area contributed by atoms with E-state index < -0.39 is 0 Å². The van der Waals surface area contributed by atoms with Crippen molar-refractivity contribution in [2.45, 2.75) is 44.9 Å². The van der Waals surface area contributed by atoms with Gasteiger partial charge in [0, 0.05) is 26.0 Å². The van der Waals surface area contributed by atoms with Gasteiger partial charge in [0.05, 0.1) is 5.41 Å². The predicted octanol–water partition coefficient (Wildman–Crippen LogP) is 3.30. The van der Waals surface area contributed by atoms with Crippen LogP contribution in [0.4, 0.5) is 0 Å². The highest BCUT2D eigenvalue weighted by molar-refractivity contribution is 5.83. The van der Waals surface area contributed by atoms with Crippen molar-refractivity contribution < 1.29 is 4.79 Å². The van der Waals surface area contributed by atoms with Crippen molar-refractivity contribution in [2.24, 2.45) is 23.2 Å². The summed E-state index contributed by atoms with van der Waals surface area (Å²) in [6.45, 7) is 0.824. The molecule has 0 spiro atoms. The topological polar surface area (TPSA) is 33.2 Å². The molecule has 5 rings (SSSR count). The minimum Gasteiger partial charge on any atom is -0.345 e. The Labute approximate surface area is 133 Å². The van der Waals surface area contributed by atoms with Crippen LogP contribution in [0.3, 0.4) is 0 Å². The third-order valence-corrected chi connectivity index (χ3v) is 6.32. The number of pyridine rings is 1. The molecular formula is C19H26N2O. The van der Waals surface area contributed by atoms with Crippen LogP contribution in [0.2, 0.25) is 0 Å². The molecule has 3 nitrogen and oxygen atoms in total. The van der Waals surface area contributed by atoms with Crippen LogP contribution in [0, 0.1) is 23.2 Å². The average Bonchev–Trinajstić information content (AvgIpc) is 2.51. The molecular weight excluding hydrogens is 272 g/mol. The zero-order valence-electron chi connectivity index (χ0n) is 13.5. The maximum atomic E-state index is 13.1. The molecule has 4 bridgehead atoms. The van der Waals surface area contributed by atoms with Crippen molar-refractivity contribution >= 4 is 5.91 Å². The van der Waals surface area contributed by atoms with Gasteiger partial charge in [-0.1, -0.05) is 0 Å². The van der Waals surface area contributed by atoms with Crippen LogP contribution >= 0.6 is 0 Å². The first-order valence-electron chi connectivity index (χ1n) is 8.79. The quantitative estimate of drug-likeness (QED) is 0.854. The smallest absolute Gasteiger partial charge is 0.228 e. The first kappa shape index (κ1) is 14.2. The fourth-order valence-electron chi connectivity index (χ4n) is 5.73. The lowest BCUT2D eigenvalue weighted by atomic mass is 9.49. The number of hydrogen-bond donors (Lipinski definition) is 0. The third-order valence-electron chi connectivity index (χ3n) is 6.32. The van der Waals surface area contributed by atoms with E-state index in [2.05, 4.69) is 4.98 Å². The Morgan fingerprint density at radius 3 is 2.23 bits per heavy atom. The number of rotatable bonds is 4. The van der Waals surface area contributed by atoms with E-state index in [0.717, 1.165) is 30.7 Å². The van der Waals surface area contributed by atoms with Gasteiger partial charge in [0.15, 0.2) is 0 Å². The molecule has 4 saturated carbocycles. The maximum Gasteiger partial charge on any atom is 0.228 e. The SMILES string of the molecule is CN(CCc1ccncc1)C(=O)C12CC3CC(CC(C3)C1)C2. The minimum absolute atomic E-state index is 0.00173. The second kappa shape index (κ2) is 5.36. The van der Waals surface area contributed by atoms with E-state index in [4.69, 9.17) is 0 Å². The average molecular weight is 298 g/mol. The van der Waals surface area contributed by atoms with Crippen molar-refractivity contribution in [3.05, 3.63) is 30.1 Å². The fourth-order valence-corrected chi connectivity index (χ4v) is 5.73. The van der Waals surface area contributed by atoms with Gasteiger partial charge in [0.25, 0.3) is 0 Å². The molecule has 0 saturated heterocycles. The number of hydrogen-bond acceptors (Lipinski definition) is 2. The summed E-state index contributed by atoms with van der Waals surface area (Å²) in [6, 6.07) is 4.09. The van der Waals surface area contributed by atoms with Gasteiger partial charge in [-0.25, -0.2) is 0 Å². The summed E-state index contributed by atoms with van der Waals surface area (Å²) in [5, 5.41) is 0. The molecule has 22 heavy (non-hydrogen) atoms. The highest BCUT2D eigenvalue weighted by Crippen LogP contribution is 2.60. The van der Waals surface area contributed by atoms with Gasteiger partial charge in [-0.3, -0.25) is 9.78 Å². The fraction of sp³-hybridized carbons (Fsp3) is 0.684. The van der Waals surface area contributed by atoms with Crippen LogP contribution in [0.15, 0.2) is 24.5 Å². The lowest BCUT2D eigenvalue weighted by Crippen LogP contribution is -2.54. The molecule has 0 unspecified atom stereocenters. The van der Waals surface area contributed by atoms with Gasteiger partial charge in [-0.05, 0) is 80.4 Å². The molecule has 4 fully saturated rings. The number of nitrogens with zero attached hydrogens (tertiary/aromatic N) is 2. The molecule has 118 valence electrons. The lowest BCUT2D eigenvalue weighted by Gasteiger charge is -2.56. The first-order chi connectivity index (χ1) is 10.6. The highest BCUT2D eigenvalue weighted by atomic mass is 16.2. The van der Waals surface area contributed by atoms with Crippen LogP contribution in [0.25, 0.3) is 0 Å². The number of carbonyl (C=O) groups excluding carboxylic acids is 1. The lowest BCUT2D eigenvalue weighted by molar-refractivity contribution is -0.156. The van der Waals surface area contributed by atoms with Crippen LogP contribution < -0.4 is 0 Å². The van der Waals surface area contributed by atoms with Gasteiger partial charge in [0.2, 0.25) is 5.91 Å². The van der Waals surface area contributed by atoms with Crippen LogP contribution in [-0.4, -0.2) is 29.4 Å². The molecule has 4 aliphatic rings. The minimum atomic E-state index is 0.00173. The monoisotopic (exact) mass is 298 g/mol. The molecule has 0 radical (unpaired) electrons. The van der Waals surface area contributed by atoms with Gasteiger partial charge >= 0.3 is 0 Å². The summed E-state index contributed by atoms with van der Waals surface area (Å²) in [4.78, 5) is 19.2. The maximum absolute atomic E-state index is 13.1. The van der Waals surface area contributed by atoms with E-state index in [9.17, 15) is 4.79 Å². The normalized spacial score (nSPS) is 35.6. The number of aromatic nitrogens is 1. The molecule has 0 N–H and O–H groups in total. The van der Waals surface area contributed by atoms with Crippen molar-refractivity contribution in [2.75, 3.05) is 13.6 Å². The first-order valence-corrected chi connectivity index (χ1v) is 8.79. The Bertz CT molecular complexity index is 519. The summed E-state index contributed by atoms with van der Waals surface area (Å²) < 4.78 is 0. The summed E-state index contributed by atoms with van der Waals surface area (Å²) in [5.41, 5.74) is 1.27. The molecule has 1 aromatic rings. The van der Waals surface area contributed by atoms with Crippen molar-refractivity contribution in [1.82, 2.24) is 9.88 Å². The standard InChI is InChI=1S/C19H26N2O/c1-21(7-4-14-2-5-20-6-3-14)18(22)19-11-15-8-16(12-19)10-17(9-15)13-19/h2-3,5-6,15-17H,4,7-13H2,1H3. The highest BCUT2D eigenvalue weighted by Gasteiger charge is 2.55. The number of amides is 1. The largest absolute Gasteiger partial charge is 0.345 e. The Morgan fingerprint density at radius 1 is 1.14 bits per heavy atom. The molecule has 0 aliphatic heterocycles. The molecule has 1 heterocycles. The number of likely N-dealkylation sites (N-methyl/N-ethyl adjacent to an activating group) is 1. The van der Waals surface area contributed by atoms with Gasteiger partial charge < -0.3 is 4.90 Å².